The van der Waals surface area contributed by atoms with Gasteiger partial charge in [-0.25, -0.2) is 14.5 Å². The van der Waals surface area contributed by atoms with Crippen molar-refractivity contribution in [2.45, 2.75) is 25.7 Å². The third-order valence-corrected chi connectivity index (χ3v) is 5.81. The second kappa shape index (κ2) is 5.01. The normalized spacial score (nSPS) is 14.0. The van der Waals surface area contributed by atoms with E-state index in [9.17, 15) is 0 Å². The molecule has 0 saturated heterocycles. The summed E-state index contributed by atoms with van der Waals surface area (Å²) in [6.07, 6.45) is 6.03. The van der Waals surface area contributed by atoms with Crippen molar-refractivity contribution < 1.29 is 0 Å². The quantitative estimate of drug-likeness (QED) is 0.552. The first-order valence-corrected chi connectivity index (χ1v) is 8.86. The van der Waals surface area contributed by atoms with Gasteiger partial charge in [-0.3, -0.25) is 0 Å². The molecule has 6 heteroatoms. The molecule has 5 rings (SSSR count). The molecule has 0 aliphatic heterocycles. The van der Waals surface area contributed by atoms with Gasteiger partial charge in [0.1, 0.15) is 11.2 Å². The fourth-order valence-electron chi connectivity index (χ4n) is 3.30. The SMILES string of the molecule is Clc1ccc(Cc2nc3c4c5c(sc4ncn3n2)CCC5)cc1. The topological polar surface area (TPSA) is 43.1 Å². The van der Waals surface area contributed by atoms with Gasteiger partial charge in [-0.15, -0.1) is 16.4 Å². The van der Waals surface area contributed by atoms with Crippen molar-refractivity contribution in [3.63, 3.8) is 0 Å². The van der Waals surface area contributed by atoms with E-state index in [1.54, 1.807) is 6.33 Å². The maximum absolute atomic E-state index is 5.94. The Morgan fingerprint density at radius 2 is 2.04 bits per heavy atom. The Kier molecular flexibility index (Phi) is 2.93. The zero-order valence-electron chi connectivity index (χ0n) is 12.3. The molecule has 114 valence electrons. The van der Waals surface area contributed by atoms with Gasteiger partial charge in [0.05, 0.1) is 5.39 Å². The Labute approximate surface area is 141 Å². The van der Waals surface area contributed by atoms with Crippen LogP contribution in [-0.2, 0) is 19.3 Å². The lowest BCUT2D eigenvalue weighted by molar-refractivity contribution is 0.883. The van der Waals surface area contributed by atoms with Crippen LogP contribution in [0.25, 0.3) is 15.9 Å². The molecule has 4 aromatic rings. The van der Waals surface area contributed by atoms with Crippen LogP contribution in [-0.4, -0.2) is 19.6 Å². The van der Waals surface area contributed by atoms with Crippen molar-refractivity contribution in [1.82, 2.24) is 19.6 Å². The molecule has 0 N–H and O–H groups in total. The molecule has 0 bridgehead atoms. The van der Waals surface area contributed by atoms with E-state index in [1.807, 2.05) is 40.1 Å². The maximum Gasteiger partial charge on any atom is 0.167 e. The van der Waals surface area contributed by atoms with E-state index in [0.29, 0.717) is 6.42 Å². The zero-order chi connectivity index (χ0) is 15.4. The van der Waals surface area contributed by atoms with Crippen molar-refractivity contribution in [3.8, 4) is 0 Å². The van der Waals surface area contributed by atoms with Gasteiger partial charge in [0.15, 0.2) is 11.5 Å². The van der Waals surface area contributed by atoms with Crippen molar-refractivity contribution in [3.05, 3.63) is 57.4 Å². The second-order valence-corrected chi connectivity index (χ2v) is 7.40. The molecule has 3 aromatic heterocycles. The first-order chi connectivity index (χ1) is 11.3. The predicted octanol–water partition coefficient (Wildman–Crippen LogP) is 4.07. The first kappa shape index (κ1) is 13.5. The van der Waals surface area contributed by atoms with Gasteiger partial charge in [-0.2, -0.15) is 0 Å². The van der Waals surface area contributed by atoms with Crippen molar-refractivity contribution in [2.24, 2.45) is 0 Å². The second-order valence-electron chi connectivity index (χ2n) is 5.88. The predicted molar refractivity (Wildman–Crippen MR) is 92.4 cm³/mol. The number of benzene rings is 1. The number of halogens is 1. The summed E-state index contributed by atoms with van der Waals surface area (Å²) in [6.45, 7) is 0. The minimum absolute atomic E-state index is 0.701. The number of nitrogens with zero attached hydrogens (tertiary/aromatic N) is 4. The molecule has 0 fully saturated rings. The van der Waals surface area contributed by atoms with Crippen molar-refractivity contribution in [2.75, 3.05) is 0 Å². The summed E-state index contributed by atoms with van der Waals surface area (Å²) < 4.78 is 1.82. The highest BCUT2D eigenvalue weighted by Gasteiger charge is 2.21. The fraction of sp³-hybridized carbons (Fsp3) is 0.235. The standard InChI is InChI=1S/C17H13ClN4S/c18-11-6-4-10(5-7-11)8-14-20-16-15-12-2-1-3-13(12)23-17(15)19-9-22(16)21-14/h4-7,9H,1-3,8H2. The summed E-state index contributed by atoms with van der Waals surface area (Å²) >= 11 is 7.75. The van der Waals surface area contributed by atoms with Crippen LogP contribution in [0.3, 0.4) is 0 Å². The van der Waals surface area contributed by atoms with Gasteiger partial charge in [0.2, 0.25) is 0 Å². The largest absolute Gasteiger partial charge is 0.225 e. The molecule has 0 amide bonds. The molecular formula is C17H13ClN4S. The highest BCUT2D eigenvalue weighted by Crippen LogP contribution is 2.37. The van der Waals surface area contributed by atoms with Crippen LogP contribution >= 0.6 is 22.9 Å². The summed E-state index contributed by atoms with van der Waals surface area (Å²) in [5.41, 5.74) is 3.54. The molecule has 1 aromatic carbocycles. The minimum atomic E-state index is 0.701. The van der Waals surface area contributed by atoms with Crippen LogP contribution in [0.5, 0.6) is 0 Å². The number of aryl methyl sites for hydroxylation is 2. The molecule has 0 spiro atoms. The van der Waals surface area contributed by atoms with Crippen molar-refractivity contribution >= 4 is 38.8 Å². The lowest BCUT2D eigenvalue weighted by Crippen LogP contribution is -1.92. The smallest absolute Gasteiger partial charge is 0.167 e. The molecule has 1 aliphatic rings. The van der Waals surface area contributed by atoms with E-state index in [2.05, 4.69) is 10.1 Å². The Balaban J connectivity index is 1.64. The Hall–Kier alpha value is -1.98. The number of rotatable bonds is 2. The van der Waals surface area contributed by atoms with Crippen LogP contribution < -0.4 is 0 Å². The number of thiophene rings is 1. The lowest BCUT2D eigenvalue weighted by atomic mass is 10.1. The van der Waals surface area contributed by atoms with Gasteiger partial charge in [0.25, 0.3) is 0 Å². The number of hydrogen-bond donors (Lipinski definition) is 0. The molecular weight excluding hydrogens is 328 g/mol. The van der Waals surface area contributed by atoms with E-state index < -0.39 is 0 Å². The average Bonchev–Trinajstić information content (AvgIpc) is 3.21. The van der Waals surface area contributed by atoms with E-state index in [1.165, 1.54) is 28.7 Å². The molecule has 0 unspecified atom stereocenters. The Morgan fingerprint density at radius 3 is 2.91 bits per heavy atom. The van der Waals surface area contributed by atoms with Gasteiger partial charge in [0, 0.05) is 16.3 Å². The number of hydrogen-bond acceptors (Lipinski definition) is 4. The van der Waals surface area contributed by atoms with Crippen LogP contribution in [0.2, 0.25) is 5.02 Å². The minimum Gasteiger partial charge on any atom is -0.225 e. The van der Waals surface area contributed by atoms with Gasteiger partial charge in [-0.1, -0.05) is 23.7 Å². The number of fused-ring (bicyclic) bond motifs is 5. The van der Waals surface area contributed by atoms with E-state index in [4.69, 9.17) is 16.6 Å². The molecule has 4 nitrogen and oxygen atoms in total. The van der Waals surface area contributed by atoms with Crippen LogP contribution in [0.15, 0.2) is 30.6 Å². The zero-order valence-corrected chi connectivity index (χ0v) is 13.9. The summed E-state index contributed by atoms with van der Waals surface area (Å²) in [5, 5.41) is 6.56. The highest BCUT2D eigenvalue weighted by atomic mass is 35.5. The van der Waals surface area contributed by atoms with Crippen LogP contribution in [0, 0.1) is 0 Å². The maximum atomic E-state index is 5.94. The van der Waals surface area contributed by atoms with Crippen LogP contribution in [0.4, 0.5) is 0 Å². The molecule has 0 radical (unpaired) electrons. The molecule has 0 atom stereocenters. The molecule has 0 saturated carbocycles. The summed E-state index contributed by atoms with van der Waals surface area (Å²) in [7, 11) is 0. The van der Waals surface area contributed by atoms with Crippen molar-refractivity contribution in [1.29, 1.82) is 0 Å². The monoisotopic (exact) mass is 340 g/mol. The Morgan fingerprint density at radius 1 is 1.17 bits per heavy atom. The van der Waals surface area contributed by atoms with Crippen LogP contribution in [0.1, 0.15) is 28.2 Å². The summed E-state index contributed by atoms with van der Waals surface area (Å²) in [6, 6.07) is 7.84. The molecule has 1 aliphatic carbocycles. The van der Waals surface area contributed by atoms with E-state index in [0.717, 1.165) is 33.3 Å². The first-order valence-electron chi connectivity index (χ1n) is 7.67. The molecule has 23 heavy (non-hydrogen) atoms. The number of aromatic nitrogens is 4. The third kappa shape index (κ3) is 2.15. The van der Waals surface area contributed by atoms with Gasteiger partial charge in [-0.05, 0) is 42.5 Å². The Bertz CT molecular complexity index is 1030. The lowest BCUT2D eigenvalue weighted by Gasteiger charge is -1.96. The van der Waals surface area contributed by atoms with E-state index >= 15 is 0 Å². The molecule has 3 heterocycles. The fourth-order valence-corrected chi connectivity index (χ4v) is 4.65. The summed E-state index contributed by atoms with van der Waals surface area (Å²) in [4.78, 5) is 11.9. The van der Waals surface area contributed by atoms with Gasteiger partial charge < -0.3 is 0 Å². The average molecular weight is 341 g/mol. The van der Waals surface area contributed by atoms with Gasteiger partial charge >= 0.3 is 0 Å². The summed E-state index contributed by atoms with van der Waals surface area (Å²) in [5.74, 6) is 0.819. The van der Waals surface area contributed by atoms with E-state index in [-0.39, 0.29) is 0 Å². The highest BCUT2D eigenvalue weighted by molar-refractivity contribution is 7.19. The third-order valence-electron chi connectivity index (χ3n) is 4.36.